The van der Waals surface area contributed by atoms with Gasteiger partial charge in [-0.3, -0.25) is 0 Å². The summed E-state index contributed by atoms with van der Waals surface area (Å²) in [6.07, 6.45) is 7.88. The number of hydrogen-bond donors (Lipinski definition) is 0. The second-order valence-electron chi connectivity index (χ2n) is 10.8. The third kappa shape index (κ3) is 3.12. The number of benzene rings is 6. The zero-order valence-corrected chi connectivity index (χ0v) is 21.7. The van der Waals surface area contributed by atoms with E-state index < -0.39 is 0 Å². The van der Waals surface area contributed by atoms with E-state index in [4.69, 9.17) is 0 Å². The molecule has 0 radical (unpaired) electrons. The molecule has 39 heavy (non-hydrogen) atoms. The van der Waals surface area contributed by atoms with Crippen LogP contribution in [0.2, 0.25) is 0 Å². The van der Waals surface area contributed by atoms with Crippen LogP contribution in [0.15, 0.2) is 157 Å². The number of fused-ring (bicyclic) bond motifs is 7. The second-order valence-corrected chi connectivity index (χ2v) is 10.8. The molecule has 0 nitrogen and oxygen atoms in total. The Kier molecular flexibility index (Phi) is 4.97. The van der Waals surface area contributed by atoms with E-state index in [2.05, 4.69) is 152 Å². The summed E-state index contributed by atoms with van der Waals surface area (Å²) in [5.74, 6) is 0.132. The van der Waals surface area contributed by atoms with Gasteiger partial charge in [0, 0.05) is 5.92 Å². The monoisotopic (exact) mass is 496 g/mol. The van der Waals surface area contributed by atoms with Crippen molar-refractivity contribution >= 4 is 21.5 Å². The average Bonchev–Trinajstić information content (AvgIpc) is 3.67. The van der Waals surface area contributed by atoms with Gasteiger partial charge in [0.05, 0.1) is 5.41 Å². The number of rotatable bonds is 4. The average molecular weight is 497 g/mol. The molecule has 0 aliphatic heterocycles. The van der Waals surface area contributed by atoms with E-state index >= 15 is 0 Å². The Morgan fingerprint density at radius 3 is 1.46 bits per heavy atom. The zero-order valence-electron chi connectivity index (χ0n) is 21.7. The molecule has 0 saturated heterocycles. The van der Waals surface area contributed by atoms with Crippen LogP contribution in [0.25, 0.3) is 32.7 Å². The summed E-state index contributed by atoms with van der Waals surface area (Å²) in [7, 11) is 0. The summed E-state index contributed by atoms with van der Waals surface area (Å²) >= 11 is 0. The molecule has 0 N–H and O–H groups in total. The molecule has 0 heterocycles. The highest BCUT2D eigenvalue weighted by Gasteiger charge is 2.50. The molecule has 6 aromatic rings. The van der Waals surface area contributed by atoms with E-state index in [0.29, 0.717) is 0 Å². The molecule has 0 atom stereocenters. The van der Waals surface area contributed by atoms with Crippen molar-refractivity contribution in [1.29, 1.82) is 0 Å². The number of hydrogen-bond acceptors (Lipinski definition) is 0. The fourth-order valence-corrected chi connectivity index (χ4v) is 7.45. The summed E-state index contributed by atoms with van der Waals surface area (Å²) in [5.41, 5.74) is 9.41. The molecule has 184 valence electrons. The van der Waals surface area contributed by atoms with Gasteiger partial charge in [0.1, 0.15) is 0 Å². The van der Waals surface area contributed by atoms with Crippen molar-refractivity contribution in [3.8, 4) is 11.1 Å². The van der Waals surface area contributed by atoms with Gasteiger partial charge in [0.25, 0.3) is 0 Å². The largest absolute Gasteiger partial charge is 0.0804 e. The highest BCUT2D eigenvalue weighted by Crippen LogP contribution is 2.62. The van der Waals surface area contributed by atoms with Crippen LogP contribution < -0.4 is 0 Å². The SMILES string of the molecule is C1=CCC(C(c2ccccc2)(c2ccccc2)C2c3ccc4ccccc4c3-c3c2ccc2ccccc32)=C1. The first-order chi connectivity index (χ1) is 19.4. The Morgan fingerprint density at radius 2 is 0.974 bits per heavy atom. The first-order valence-electron chi connectivity index (χ1n) is 13.9. The van der Waals surface area contributed by atoms with Crippen LogP contribution in [-0.4, -0.2) is 0 Å². The number of allylic oxidation sites excluding steroid dienone is 4. The van der Waals surface area contributed by atoms with Gasteiger partial charge in [0.15, 0.2) is 0 Å². The fourth-order valence-electron chi connectivity index (χ4n) is 7.45. The van der Waals surface area contributed by atoms with E-state index in [9.17, 15) is 0 Å². The van der Waals surface area contributed by atoms with Crippen LogP contribution in [-0.2, 0) is 5.41 Å². The molecule has 0 unspecified atom stereocenters. The van der Waals surface area contributed by atoms with Crippen LogP contribution in [0.5, 0.6) is 0 Å². The Balaban J connectivity index is 1.58. The van der Waals surface area contributed by atoms with Gasteiger partial charge in [-0.05, 0) is 61.3 Å². The van der Waals surface area contributed by atoms with Crippen molar-refractivity contribution in [3.63, 3.8) is 0 Å². The van der Waals surface area contributed by atoms with Crippen LogP contribution in [0.4, 0.5) is 0 Å². The maximum Gasteiger partial charge on any atom is 0.0526 e. The molecular formula is C39H28. The topological polar surface area (TPSA) is 0 Å². The quantitative estimate of drug-likeness (QED) is 0.228. The van der Waals surface area contributed by atoms with Gasteiger partial charge in [-0.2, -0.15) is 0 Å². The van der Waals surface area contributed by atoms with E-state index in [1.165, 1.54) is 60.5 Å². The van der Waals surface area contributed by atoms with Crippen molar-refractivity contribution in [2.24, 2.45) is 0 Å². The lowest BCUT2D eigenvalue weighted by atomic mass is 9.58. The third-order valence-corrected chi connectivity index (χ3v) is 8.96. The second kappa shape index (κ2) is 8.68. The Morgan fingerprint density at radius 1 is 0.487 bits per heavy atom. The normalized spacial score (nSPS) is 14.5. The van der Waals surface area contributed by atoms with E-state index in [-0.39, 0.29) is 11.3 Å². The van der Waals surface area contributed by atoms with Crippen LogP contribution in [0.3, 0.4) is 0 Å². The van der Waals surface area contributed by atoms with Gasteiger partial charge in [-0.1, -0.05) is 157 Å². The van der Waals surface area contributed by atoms with Crippen LogP contribution in [0.1, 0.15) is 34.6 Å². The lowest BCUT2D eigenvalue weighted by molar-refractivity contribution is 0.527. The summed E-state index contributed by atoms with van der Waals surface area (Å²) in [5, 5.41) is 5.26. The molecule has 6 aromatic carbocycles. The summed E-state index contributed by atoms with van der Waals surface area (Å²) in [4.78, 5) is 0. The van der Waals surface area contributed by atoms with Gasteiger partial charge >= 0.3 is 0 Å². The molecule has 2 aliphatic rings. The Hall–Kier alpha value is -4.68. The molecule has 0 spiro atoms. The molecule has 0 bridgehead atoms. The predicted molar refractivity (Wildman–Crippen MR) is 164 cm³/mol. The van der Waals surface area contributed by atoms with Gasteiger partial charge < -0.3 is 0 Å². The minimum Gasteiger partial charge on any atom is -0.0804 e. The maximum atomic E-state index is 2.42. The molecule has 0 heteroatoms. The van der Waals surface area contributed by atoms with Crippen molar-refractivity contribution in [3.05, 3.63) is 180 Å². The van der Waals surface area contributed by atoms with Crippen molar-refractivity contribution in [1.82, 2.24) is 0 Å². The predicted octanol–water partition coefficient (Wildman–Crippen LogP) is 9.98. The van der Waals surface area contributed by atoms with E-state index in [1.54, 1.807) is 0 Å². The van der Waals surface area contributed by atoms with Gasteiger partial charge in [0.2, 0.25) is 0 Å². The van der Waals surface area contributed by atoms with Crippen molar-refractivity contribution in [2.75, 3.05) is 0 Å². The molecule has 0 fully saturated rings. The summed E-state index contributed by atoms with van der Waals surface area (Å²) in [6, 6.07) is 49.7. The molecule has 8 rings (SSSR count). The molecular weight excluding hydrogens is 468 g/mol. The Labute approximate surface area is 229 Å². The zero-order chi connectivity index (χ0) is 25.8. The van der Waals surface area contributed by atoms with E-state index in [1.807, 2.05) is 0 Å². The smallest absolute Gasteiger partial charge is 0.0526 e. The highest BCUT2D eigenvalue weighted by molar-refractivity contribution is 6.10. The van der Waals surface area contributed by atoms with Crippen LogP contribution >= 0.6 is 0 Å². The van der Waals surface area contributed by atoms with Crippen LogP contribution in [0, 0.1) is 0 Å². The summed E-state index contributed by atoms with van der Waals surface area (Å²) < 4.78 is 0. The lowest BCUT2D eigenvalue weighted by Gasteiger charge is -2.43. The van der Waals surface area contributed by atoms with Gasteiger partial charge in [-0.25, -0.2) is 0 Å². The highest BCUT2D eigenvalue weighted by atomic mass is 14.5. The molecule has 2 aliphatic carbocycles. The van der Waals surface area contributed by atoms with Crippen molar-refractivity contribution in [2.45, 2.75) is 17.8 Å². The fraction of sp³-hybridized carbons (Fsp3) is 0.0769. The molecule has 0 saturated carbocycles. The minimum absolute atomic E-state index is 0.132. The van der Waals surface area contributed by atoms with Gasteiger partial charge in [-0.15, -0.1) is 0 Å². The molecule has 0 amide bonds. The standard InChI is InChI=1S/C39H28/c1-3-15-29(16-4-1)39(31-19-9-10-20-31,30-17-5-2-6-18-30)38-34-25-23-27-13-7-11-21-32(27)36(34)37-33-22-12-8-14-28(33)24-26-35(37)38/h1-19,21-26,38H,20H2. The third-order valence-electron chi connectivity index (χ3n) is 8.96. The lowest BCUT2D eigenvalue weighted by Crippen LogP contribution is -2.37. The first kappa shape index (κ1) is 22.3. The molecule has 0 aromatic heterocycles. The Bertz CT molecular complexity index is 1800. The minimum atomic E-state index is -0.350. The van der Waals surface area contributed by atoms with E-state index in [0.717, 1.165) is 6.42 Å². The maximum absolute atomic E-state index is 2.42. The first-order valence-corrected chi connectivity index (χ1v) is 13.9. The summed E-state index contributed by atoms with van der Waals surface area (Å²) in [6.45, 7) is 0. The van der Waals surface area contributed by atoms with Crippen molar-refractivity contribution < 1.29 is 0 Å².